The summed E-state index contributed by atoms with van der Waals surface area (Å²) < 4.78 is 31.7. The second-order valence-corrected chi connectivity index (χ2v) is 8.58. The van der Waals surface area contributed by atoms with Gasteiger partial charge in [0.2, 0.25) is 0 Å². The van der Waals surface area contributed by atoms with E-state index in [1.54, 1.807) is 24.3 Å². The maximum Gasteiger partial charge on any atom is 0.255 e. The molecule has 1 aromatic carbocycles. The number of rotatable bonds is 6. The fourth-order valence-corrected chi connectivity index (χ4v) is 4.76. The van der Waals surface area contributed by atoms with Gasteiger partial charge in [-0.1, -0.05) is 17.7 Å². The molecule has 10 heteroatoms. The number of halogens is 2. The molecule has 5 rings (SSSR count). The highest BCUT2D eigenvalue weighted by Crippen LogP contribution is 2.43. The molecule has 0 bridgehead atoms. The Labute approximate surface area is 200 Å². The SMILES string of the molecule is COc1c(Cl)cccc1Nc1c(-c2ccncc2F)[nH]c2c1C(=O)NCC2C[C@H]1COCCO1. The number of hydrogen-bond acceptors (Lipinski definition) is 6. The maximum absolute atomic E-state index is 14.8. The van der Waals surface area contributed by atoms with Crippen LogP contribution in [0.1, 0.15) is 28.4 Å². The maximum atomic E-state index is 14.8. The average Bonchev–Trinajstić information content (AvgIpc) is 3.22. The Morgan fingerprint density at radius 1 is 1.32 bits per heavy atom. The second-order valence-electron chi connectivity index (χ2n) is 8.18. The van der Waals surface area contributed by atoms with E-state index in [-0.39, 0.29) is 23.5 Å². The summed E-state index contributed by atoms with van der Waals surface area (Å²) >= 11 is 6.31. The van der Waals surface area contributed by atoms with Crippen LogP contribution in [0.5, 0.6) is 5.75 Å². The lowest BCUT2D eigenvalue weighted by Crippen LogP contribution is -2.38. The summed E-state index contributed by atoms with van der Waals surface area (Å²) in [4.78, 5) is 20.3. The number of aromatic amines is 1. The van der Waals surface area contributed by atoms with Crippen LogP contribution in [-0.4, -0.2) is 55.5 Å². The lowest BCUT2D eigenvalue weighted by atomic mass is 9.91. The number of nitrogens with one attached hydrogen (secondary N) is 3. The predicted octanol–water partition coefficient (Wildman–Crippen LogP) is 4.25. The van der Waals surface area contributed by atoms with Gasteiger partial charge in [-0.25, -0.2) is 4.39 Å². The van der Waals surface area contributed by atoms with Crippen LogP contribution in [-0.2, 0) is 9.47 Å². The molecule has 4 heterocycles. The number of hydrogen-bond donors (Lipinski definition) is 3. The Bertz CT molecular complexity index is 1210. The van der Waals surface area contributed by atoms with E-state index < -0.39 is 5.82 Å². The smallest absolute Gasteiger partial charge is 0.255 e. The second kappa shape index (κ2) is 9.61. The van der Waals surface area contributed by atoms with Gasteiger partial charge in [-0.05, 0) is 24.6 Å². The van der Waals surface area contributed by atoms with Crippen molar-refractivity contribution in [2.45, 2.75) is 18.4 Å². The van der Waals surface area contributed by atoms with Crippen molar-refractivity contribution in [3.05, 3.63) is 58.8 Å². The average molecular weight is 487 g/mol. The summed E-state index contributed by atoms with van der Waals surface area (Å²) in [6.07, 6.45) is 3.21. The lowest BCUT2D eigenvalue weighted by molar-refractivity contribution is -0.0928. The zero-order chi connectivity index (χ0) is 23.7. The molecule has 0 spiro atoms. The van der Waals surface area contributed by atoms with Crippen molar-refractivity contribution in [3.63, 3.8) is 0 Å². The summed E-state index contributed by atoms with van der Waals surface area (Å²) in [7, 11) is 1.51. The van der Waals surface area contributed by atoms with E-state index in [0.29, 0.717) is 71.9 Å². The van der Waals surface area contributed by atoms with Gasteiger partial charge in [-0.3, -0.25) is 9.78 Å². The monoisotopic (exact) mass is 486 g/mol. The number of nitrogens with zero attached hydrogens (tertiary/aromatic N) is 1. The number of carbonyl (C=O) groups is 1. The molecule has 1 unspecified atom stereocenters. The van der Waals surface area contributed by atoms with E-state index in [1.165, 1.54) is 13.3 Å². The van der Waals surface area contributed by atoms with Gasteiger partial charge in [-0.15, -0.1) is 0 Å². The molecule has 1 fully saturated rings. The lowest BCUT2D eigenvalue weighted by Gasteiger charge is -2.29. The van der Waals surface area contributed by atoms with Crippen LogP contribution in [0, 0.1) is 5.82 Å². The Hall–Kier alpha value is -3.14. The summed E-state index contributed by atoms with van der Waals surface area (Å²) in [6, 6.07) is 6.82. The zero-order valence-electron chi connectivity index (χ0n) is 18.5. The fraction of sp³-hybridized carbons (Fsp3) is 0.333. The molecule has 3 N–H and O–H groups in total. The molecule has 0 saturated carbocycles. The van der Waals surface area contributed by atoms with Gasteiger partial charge in [0, 0.05) is 29.9 Å². The highest BCUT2D eigenvalue weighted by atomic mass is 35.5. The van der Waals surface area contributed by atoms with Gasteiger partial charge in [0.1, 0.15) is 0 Å². The summed E-state index contributed by atoms with van der Waals surface area (Å²) in [5.74, 6) is -0.420. The molecule has 3 aromatic rings. The van der Waals surface area contributed by atoms with Crippen LogP contribution in [0.2, 0.25) is 5.02 Å². The zero-order valence-corrected chi connectivity index (χ0v) is 19.2. The number of para-hydroxylation sites is 1. The van der Waals surface area contributed by atoms with Gasteiger partial charge in [-0.2, -0.15) is 0 Å². The first kappa shape index (κ1) is 22.6. The topological polar surface area (TPSA) is 97.5 Å². The Balaban J connectivity index is 1.63. The van der Waals surface area contributed by atoms with Gasteiger partial charge >= 0.3 is 0 Å². The standard InChI is InChI=1S/C24H24ClFN4O4/c1-32-23-16(25)3-2-4-18(23)29-22-19-20(30-21(22)15-5-6-27-11-17(15)26)13(10-28-24(19)31)9-14-12-33-7-8-34-14/h2-6,11,13-14,29-30H,7-10,12H2,1H3,(H,28,31)/t13?,14-/m0/s1. The van der Waals surface area contributed by atoms with E-state index in [9.17, 15) is 9.18 Å². The minimum atomic E-state index is -0.511. The molecule has 1 saturated heterocycles. The number of carbonyl (C=O) groups excluding carboxylic acids is 1. The number of benzene rings is 1. The number of ether oxygens (including phenoxy) is 3. The Kier molecular flexibility index (Phi) is 6.40. The molecule has 8 nitrogen and oxygen atoms in total. The molecule has 0 aliphatic carbocycles. The fourth-order valence-electron chi connectivity index (χ4n) is 4.51. The van der Waals surface area contributed by atoms with Crippen LogP contribution in [0.4, 0.5) is 15.8 Å². The molecule has 2 aliphatic rings. The summed E-state index contributed by atoms with van der Waals surface area (Å²) in [5.41, 5.74) is 2.84. The van der Waals surface area contributed by atoms with E-state index in [0.717, 1.165) is 6.20 Å². The predicted molar refractivity (Wildman–Crippen MR) is 126 cm³/mol. The minimum absolute atomic E-state index is 0.0696. The normalized spacial score (nSPS) is 19.9. The first-order valence-electron chi connectivity index (χ1n) is 11.0. The molecule has 2 aliphatic heterocycles. The number of aromatic nitrogens is 2. The molecule has 1 amide bonds. The van der Waals surface area contributed by atoms with Crippen LogP contribution < -0.4 is 15.4 Å². The minimum Gasteiger partial charge on any atom is -0.493 e. The molecular formula is C24H24ClFN4O4. The van der Waals surface area contributed by atoms with Crippen molar-refractivity contribution in [2.24, 2.45) is 0 Å². The number of amides is 1. The molecule has 178 valence electrons. The number of H-pyrrole nitrogens is 1. The van der Waals surface area contributed by atoms with E-state index in [1.807, 2.05) is 0 Å². The summed E-state index contributed by atoms with van der Waals surface area (Å²) in [6.45, 7) is 2.05. The molecule has 34 heavy (non-hydrogen) atoms. The first-order chi connectivity index (χ1) is 16.6. The number of methoxy groups -OCH3 is 1. The largest absolute Gasteiger partial charge is 0.493 e. The number of pyridine rings is 1. The van der Waals surface area contributed by atoms with Gasteiger partial charge in [0.25, 0.3) is 5.91 Å². The highest BCUT2D eigenvalue weighted by Gasteiger charge is 2.35. The molecule has 0 radical (unpaired) electrons. The Morgan fingerprint density at radius 3 is 2.97 bits per heavy atom. The van der Waals surface area contributed by atoms with Crippen molar-refractivity contribution in [3.8, 4) is 17.0 Å². The van der Waals surface area contributed by atoms with Crippen molar-refractivity contribution < 1.29 is 23.4 Å². The quantitative estimate of drug-likeness (QED) is 0.482. The Morgan fingerprint density at radius 2 is 2.21 bits per heavy atom. The number of anilines is 2. The van der Waals surface area contributed by atoms with Crippen LogP contribution in [0.25, 0.3) is 11.3 Å². The van der Waals surface area contributed by atoms with E-state index in [2.05, 4.69) is 20.6 Å². The van der Waals surface area contributed by atoms with Gasteiger partial charge in [0.05, 0.1) is 66.9 Å². The van der Waals surface area contributed by atoms with Gasteiger partial charge in [0.15, 0.2) is 11.6 Å². The van der Waals surface area contributed by atoms with Crippen LogP contribution >= 0.6 is 11.6 Å². The van der Waals surface area contributed by atoms with Crippen molar-refractivity contribution in [1.82, 2.24) is 15.3 Å². The highest BCUT2D eigenvalue weighted by molar-refractivity contribution is 6.32. The molecular weight excluding hydrogens is 463 g/mol. The van der Waals surface area contributed by atoms with E-state index in [4.69, 9.17) is 25.8 Å². The third kappa shape index (κ3) is 4.22. The molecule has 2 atom stereocenters. The van der Waals surface area contributed by atoms with Crippen molar-refractivity contribution in [1.29, 1.82) is 0 Å². The van der Waals surface area contributed by atoms with Crippen LogP contribution in [0.15, 0.2) is 36.7 Å². The molecule has 2 aromatic heterocycles. The van der Waals surface area contributed by atoms with E-state index >= 15 is 0 Å². The number of fused-ring (bicyclic) bond motifs is 1. The summed E-state index contributed by atoms with van der Waals surface area (Å²) in [5, 5.41) is 6.65. The first-order valence-corrected chi connectivity index (χ1v) is 11.4. The van der Waals surface area contributed by atoms with Gasteiger partial charge < -0.3 is 29.8 Å². The third-order valence-corrected chi connectivity index (χ3v) is 6.38. The van der Waals surface area contributed by atoms with Crippen LogP contribution in [0.3, 0.4) is 0 Å². The van der Waals surface area contributed by atoms with Crippen molar-refractivity contribution in [2.75, 3.05) is 38.8 Å². The third-order valence-electron chi connectivity index (χ3n) is 6.08. The van der Waals surface area contributed by atoms with Crippen molar-refractivity contribution >= 4 is 28.9 Å².